The lowest BCUT2D eigenvalue weighted by Gasteiger charge is -2.28. The first-order chi connectivity index (χ1) is 10.1. The molecule has 0 aromatic heterocycles. The highest BCUT2D eigenvalue weighted by molar-refractivity contribution is 5.81. The molecule has 4 nitrogen and oxygen atoms in total. The van der Waals surface area contributed by atoms with Gasteiger partial charge in [-0.05, 0) is 50.7 Å². The molecule has 0 aliphatic heterocycles. The van der Waals surface area contributed by atoms with E-state index in [4.69, 9.17) is 10.5 Å². The summed E-state index contributed by atoms with van der Waals surface area (Å²) in [5.41, 5.74) is 6.94. The van der Waals surface area contributed by atoms with Crippen molar-refractivity contribution in [1.82, 2.24) is 5.32 Å². The predicted molar refractivity (Wildman–Crippen MR) is 84.3 cm³/mol. The van der Waals surface area contributed by atoms with Crippen LogP contribution in [0.4, 0.5) is 0 Å². The van der Waals surface area contributed by atoms with E-state index in [0.717, 1.165) is 37.0 Å². The van der Waals surface area contributed by atoms with E-state index < -0.39 is 6.10 Å². The molecule has 4 heteroatoms. The second kappa shape index (κ2) is 7.46. The summed E-state index contributed by atoms with van der Waals surface area (Å²) < 4.78 is 5.88. The van der Waals surface area contributed by atoms with Crippen LogP contribution in [0.5, 0.6) is 5.75 Å². The van der Waals surface area contributed by atoms with Crippen molar-refractivity contribution in [3.63, 3.8) is 0 Å². The number of para-hydroxylation sites is 1. The largest absolute Gasteiger partial charge is 0.480 e. The van der Waals surface area contributed by atoms with Gasteiger partial charge in [-0.2, -0.15) is 0 Å². The molecule has 0 heterocycles. The molecule has 3 N–H and O–H groups in total. The van der Waals surface area contributed by atoms with Crippen molar-refractivity contribution in [3.05, 3.63) is 29.8 Å². The zero-order chi connectivity index (χ0) is 15.2. The topological polar surface area (TPSA) is 64.3 Å². The van der Waals surface area contributed by atoms with Gasteiger partial charge in [-0.25, -0.2) is 0 Å². The summed E-state index contributed by atoms with van der Waals surface area (Å²) in [6, 6.07) is 8.33. The molecule has 1 aliphatic rings. The van der Waals surface area contributed by atoms with Crippen molar-refractivity contribution in [2.45, 2.75) is 64.1 Å². The zero-order valence-electron chi connectivity index (χ0n) is 13.0. The molecule has 0 spiro atoms. The van der Waals surface area contributed by atoms with Crippen LogP contribution in [0.2, 0.25) is 0 Å². The number of nitrogens with two attached hydrogens (primary N) is 1. The molecule has 0 bridgehead atoms. The molecule has 0 radical (unpaired) electrons. The van der Waals surface area contributed by atoms with Crippen molar-refractivity contribution in [2.24, 2.45) is 5.73 Å². The van der Waals surface area contributed by atoms with Crippen molar-refractivity contribution in [1.29, 1.82) is 0 Å². The Morgan fingerprint density at radius 1 is 1.33 bits per heavy atom. The second-order valence-electron chi connectivity index (χ2n) is 5.90. The Hall–Kier alpha value is -1.55. The molecule has 21 heavy (non-hydrogen) atoms. The van der Waals surface area contributed by atoms with Crippen LogP contribution in [0.25, 0.3) is 0 Å². The van der Waals surface area contributed by atoms with E-state index in [1.165, 1.54) is 0 Å². The molecule has 2 rings (SSSR count). The number of hydrogen-bond donors (Lipinski definition) is 2. The number of carbonyl (C=O) groups is 1. The number of benzene rings is 1. The Labute approximate surface area is 127 Å². The minimum atomic E-state index is -0.429. The first kappa shape index (κ1) is 15.8. The fourth-order valence-electron chi connectivity index (χ4n) is 2.72. The number of aryl methyl sites for hydroxylation is 1. The fraction of sp³-hybridized carbons (Fsp3) is 0.588. The Bertz CT molecular complexity index is 468. The van der Waals surface area contributed by atoms with E-state index in [1.807, 2.05) is 38.1 Å². The lowest BCUT2D eigenvalue weighted by Crippen LogP contribution is -2.46. The lowest BCUT2D eigenvalue weighted by molar-refractivity contribution is -0.129. The third-order valence-electron chi connectivity index (χ3n) is 4.14. The number of nitrogens with one attached hydrogen (secondary N) is 1. The summed E-state index contributed by atoms with van der Waals surface area (Å²) in [6.07, 6.45) is 4.14. The molecular formula is C17H26N2O2. The highest BCUT2D eigenvalue weighted by atomic mass is 16.5. The molecule has 116 valence electrons. The number of ether oxygens (including phenoxy) is 1. The number of carbonyl (C=O) groups excluding carboxylic acids is 1. The van der Waals surface area contributed by atoms with Crippen molar-refractivity contribution >= 4 is 5.91 Å². The van der Waals surface area contributed by atoms with E-state index in [0.29, 0.717) is 12.5 Å². The van der Waals surface area contributed by atoms with E-state index >= 15 is 0 Å². The predicted octanol–water partition coefficient (Wildman–Crippen LogP) is 2.54. The zero-order valence-corrected chi connectivity index (χ0v) is 13.0. The summed E-state index contributed by atoms with van der Waals surface area (Å²) in [5, 5.41) is 3.11. The fourth-order valence-corrected chi connectivity index (χ4v) is 2.72. The Balaban J connectivity index is 1.91. The Morgan fingerprint density at radius 2 is 2.00 bits per heavy atom. The van der Waals surface area contributed by atoms with Crippen molar-refractivity contribution in [2.75, 3.05) is 0 Å². The standard InChI is InChI=1S/C17H26N2O2/c1-3-15(21-16-7-5-4-6-12(16)2)17(20)19-14-10-8-13(18)9-11-14/h4-7,13-15H,3,8-11,18H2,1-2H3,(H,19,20). The normalized spacial score (nSPS) is 23.4. The Kier molecular flexibility index (Phi) is 5.62. The van der Waals surface area contributed by atoms with Crippen LogP contribution in [-0.2, 0) is 4.79 Å². The van der Waals surface area contributed by atoms with Gasteiger partial charge in [-0.1, -0.05) is 25.1 Å². The highest BCUT2D eigenvalue weighted by Gasteiger charge is 2.24. The van der Waals surface area contributed by atoms with Gasteiger partial charge in [-0.3, -0.25) is 4.79 Å². The van der Waals surface area contributed by atoms with Gasteiger partial charge in [0.05, 0.1) is 0 Å². The maximum atomic E-state index is 12.4. The summed E-state index contributed by atoms with van der Waals surface area (Å²) >= 11 is 0. The first-order valence-electron chi connectivity index (χ1n) is 7.88. The van der Waals surface area contributed by atoms with Gasteiger partial charge in [0, 0.05) is 12.1 Å². The monoisotopic (exact) mass is 290 g/mol. The van der Waals surface area contributed by atoms with Gasteiger partial charge < -0.3 is 15.8 Å². The molecular weight excluding hydrogens is 264 g/mol. The van der Waals surface area contributed by atoms with E-state index in [1.54, 1.807) is 0 Å². The van der Waals surface area contributed by atoms with Crippen molar-refractivity contribution < 1.29 is 9.53 Å². The van der Waals surface area contributed by atoms with Crippen LogP contribution in [0, 0.1) is 6.92 Å². The smallest absolute Gasteiger partial charge is 0.261 e. The van der Waals surface area contributed by atoms with Gasteiger partial charge in [0.25, 0.3) is 5.91 Å². The van der Waals surface area contributed by atoms with Gasteiger partial charge in [-0.15, -0.1) is 0 Å². The number of rotatable bonds is 5. The highest BCUT2D eigenvalue weighted by Crippen LogP contribution is 2.20. The first-order valence-corrected chi connectivity index (χ1v) is 7.88. The van der Waals surface area contributed by atoms with Gasteiger partial charge in [0.1, 0.15) is 5.75 Å². The van der Waals surface area contributed by atoms with Gasteiger partial charge >= 0.3 is 0 Å². The number of hydrogen-bond acceptors (Lipinski definition) is 3. The third-order valence-corrected chi connectivity index (χ3v) is 4.14. The van der Waals surface area contributed by atoms with E-state index in [9.17, 15) is 4.79 Å². The van der Waals surface area contributed by atoms with Crippen LogP contribution in [0.3, 0.4) is 0 Å². The molecule has 0 saturated heterocycles. The summed E-state index contributed by atoms with van der Waals surface area (Å²) in [7, 11) is 0. The van der Waals surface area contributed by atoms with Crippen LogP contribution >= 0.6 is 0 Å². The second-order valence-corrected chi connectivity index (χ2v) is 5.90. The van der Waals surface area contributed by atoms with Crippen LogP contribution in [-0.4, -0.2) is 24.1 Å². The molecule has 1 saturated carbocycles. The van der Waals surface area contributed by atoms with E-state index in [-0.39, 0.29) is 11.9 Å². The minimum Gasteiger partial charge on any atom is -0.480 e. The van der Waals surface area contributed by atoms with Crippen LogP contribution < -0.4 is 15.8 Å². The van der Waals surface area contributed by atoms with E-state index in [2.05, 4.69) is 5.32 Å². The quantitative estimate of drug-likeness (QED) is 0.876. The number of amides is 1. The Morgan fingerprint density at radius 3 is 2.62 bits per heavy atom. The molecule has 1 aromatic rings. The van der Waals surface area contributed by atoms with Gasteiger partial charge in [0.2, 0.25) is 0 Å². The molecule has 1 aliphatic carbocycles. The summed E-state index contributed by atoms with van der Waals surface area (Å²) in [6.45, 7) is 3.96. The average molecular weight is 290 g/mol. The van der Waals surface area contributed by atoms with Crippen LogP contribution in [0.1, 0.15) is 44.6 Å². The van der Waals surface area contributed by atoms with Gasteiger partial charge in [0.15, 0.2) is 6.10 Å². The molecule has 1 unspecified atom stereocenters. The minimum absolute atomic E-state index is 0.0128. The van der Waals surface area contributed by atoms with Crippen molar-refractivity contribution in [3.8, 4) is 5.75 Å². The third kappa shape index (κ3) is 4.46. The summed E-state index contributed by atoms with van der Waals surface area (Å²) in [4.78, 5) is 12.4. The maximum Gasteiger partial charge on any atom is 0.261 e. The average Bonchev–Trinajstić information content (AvgIpc) is 2.48. The SMILES string of the molecule is CCC(Oc1ccccc1C)C(=O)NC1CCC(N)CC1. The summed E-state index contributed by atoms with van der Waals surface area (Å²) in [5.74, 6) is 0.770. The maximum absolute atomic E-state index is 12.4. The molecule has 1 atom stereocenters. The lowest BCUT2D eigenvalue weighted by atomic mass is 9.91. The molecule has 1 aromatic carbocycles. The van der Waals surface area contributed by atoms with Crippen LogP contribution in [0.15, 0.2) is 24.3 Å². The molecule has 1 amide bonds. The molecule has 1 fully saturated rings.